The highest BCUT2D eigenvalue weighted by molar-refractivity contribution is 5.94. The lowest BCUT2D eigenvalue weighted by Crippen LogP contribution is -2.36. The number of nitrogens with zero attached hydrogens (tertiary/aromatic N) is 1. The molecule has 2 saturated heterocycles. The molecule has 1 N–H and O–H groups in total. The Morgan fingerprint density at radius 1 is 1.11 bits per heavy atom. The van der Waals surface area contributed by atoms with Crippen LogP contribution in [0.5, 0.6) is 5.75 Å². The fourth-order valence-electron chi connectivity index (χ4n) is 3.87. The molecule has 5 nitrogen and oxygen atoms in total. The zero-order valence-corrected chi connectivity index (χ0v) is 16.2. The van der Waals surface area contributed by atoms with E-state index in [1.54, 1.807) is 0 Å². The SMILES string of the molecule is O=C(NC1CCN(Cc2ccccc2)C1)c1ccc(OCC2CCCO2)cc1. The maximum absolute atomic E-state index is 12.6. The number of nitrogens with one attached hydrogen (secondary N) is 1. The van der Waals surface area contributed by atoms with E-state index < -0.39 is 0 Å². The molecule has 0 spiro atoms. The highest BCUT2D eigenvalue weighted by atomic mass is 16.5. The van der Waals surface area contributed by atoms with Crippen LogP contribution >= 0.6 is 0 Å². The van der Waals surface area contributed by atoms with E-state index in [1.807, 2.05) is 30.3 Å². The number of hydrogen-bond acceptors (Lipinski definition) is 4. The molecule has 0 aromatic heterocycles. The van der Waals surface area contributed by atoms with E-state index in [2.05, 4.69) is 34.5 Å². The highest BCUT2D eigenvalue weighted by Crippen LogP contribution is 2.18. The van der Waals surface area contributed by atoms with Crippen molar-refractivity contribution < 1.29 is 14.3 Å². The average molecular weight is 380 g/mol. The number of carbonyl (C=O) groups is 1. The monoisotopic (exact) mass is 380 g/mol. The van der Waals surface area contributed by atoms with E-state index in [-0.39, 0.29) is 18.1 Å². The molecule has 1 amide bonds. The van der Waals surface area contributed by atoms with E-state index in [9.17, 15) is 4.79 Å². The molecule has 2 atom stereocenters. The Kier molecular flexibility index (Phi) is 6.24. The molecule has 28 heavy (non-hydrogen) atoms. The number of carbonyl (C=O) groups excluding carboxylic acids is 1. The minimum Gasteiger partial charge on any atom is -0.491 e. The van der Waals surface area contributed by atoms with Crippen LogP contribution in [0, 0.1) is 0 Å². The first-order valence-corrected chi connectivity index (χ1v) is 10.2. The van der Waals surface area contributed by atoms with E-state index >= 15 is 0 Å². The van der Waals surface area contributed by atoms with Gasteiger partial charge < -0.3 is 14.8 Å². The van der Waals surface area contributed by atoms with Crippen LogP contribution in [0.2, 0.25) is 0 Å². The van der Waals surface area contributed by atoms with Gasteiger partial charge in [-0.1, -0.05) is 30.3 Å². The molecule has 4 rings (SSSR count). The standard InChI is InChI=1S/C23H28N2O3/c26-23(19-8-10-21(11-9-19)28-17-22-7-4-14-27-22)24-20-12-13-25(16-20)15-18-5-2-1-3-6-18/h1-3,5-6,8-11,20,22H,4,7,12-17H2,(H,24,26). The van der Waals surface area contributed by atoms with Crippen molar-refractivity contribution in [2.45, 2.75) is 38.0 Å². The summed E-state index contributed by atoms with van der Waals surface area (Å²) < 4.78 is 11.3. The number of benzene rings is 2. The fraction of sp³-hybridized carbons (Fsp3) is 0.435. The molecule has 148 valence electrons. The van der Waals surface area contributed by atoms with E-state index in [0.29, 0.717) is 12.2 Å². The van der Waals surface area contributed by atoms with Gasteiger partial charge in [-0.3, -0.25) is 9.69 Å². The Hall–Kier alpha value is -2.37. The van der Waals surface area contributed by atoms with Crippen LogP contribution in [0.3, 0.4) is 0 Å². The van der Waals surface area contributed by atoms with Crippen LogP contribution in [0.1, 0.15) is 35.2 Å². The van der Waals surface area contributed by atoms with E-state index in [4.69, 9.17) is 9.47 Å². The van der Waals surface area contributed by atoms with Crippen molar-refractivity contribution in [2.75, 3.05) is 26.3 Å². The lowest BCUT2D eigenvalue weighted by atomic mass is 10.1. The second-order valence-electron chi connectivity index (χ2n) is 7.65. The Morgan fingerprint density at radius 3 is 2.68 bits per heavy atom. The van der Waals surface area contributed by atoms with Gasteiger partial charge in [0.2, 0.25) is 0 Å². The van der Waals surface area contributed by atoms with Crippen molar-refractivity contribution in [1.82, 2.24) is 10.2 Å². The number of amides is 1. The van der Waals surface area contributed by atoms with Crippen LogP contribution in [0.25, 0.3) is 0 Å². The predicted molar refractivity (Wildman–Crippen MR) is 109 cm³/mol. The van der Waals surface area contributed by atoms with Crippen molar-refractivity contribution in [3.8, 4) is 5.75 Å². The number of likely N-dealkylation sites (tertiary alicyclic amines) is 1. The summed E-state index contributed by atoms with van der Waals surface area (Å²) in [7, 11) is 0. The molecule has 2 fully saturated rings. The first-order valence-electron chi connectivity index (χ1n) is 10.2. The third kappa shape index (κ3) is 5.12. The van der Waals surface area contributed by atoms with Gasteiger partial charge >= 0.3 is 0 Å². The molecule has 2 unspecified atom stereocenters. The van der Waals surface area contributed by atoms with Crippen LogP contribution in [-0.4, -0.2) is 49.3 Å². The van der Waals surface area contributed by atoms with Crippen molar-refractivity contribution in [3.05, 3.63) is 65.7 Å². The lowest BCUT2D eigenvalue weighted by Gasteiger charge is -2.17. The molecule has 0 radical (unpaired) electrons. The predicted octanol–water partition coefficient (Wildman–Crippen LogP) is 3.25. The summed E-state index contributed by atoms with van der Waals surface area (Å²) in [5.41, 5.74) is 1.99. The van der Waals surface area contributed by atoms with Crippen LogP contribution in [-0.2, 0) is 11.3 Å². The van der Waals surface area contributed by atoms with Gasteiger partial charge in [0.05, 0.1) is 6.10 Å². The first kappa shape index (κ1) is 19.0. The van der Waals surface area contributed by atoms with Gasteiger partial charge in [0.15, 0.2) is 0 Å². The molecule has 2 heterocycles. The fourth-order valence-corrected chi connectivity index (χ4v) is 3.87. The minimum absolute atomic E-state index is 0.0164. The Bertz CT molecular complexity index is 757. The van der Waals surface area contributed by atoms with Gasteiger partial charge in [-0.25, -0.2) is 0 Å². The Morgan fingerprint density at radius 2 is 1.93 bits per heavy atom. The Labute approximate surface area is 166 Å². The Balaban J connectivity index is 1.23. The quantitative estimate of drug-likeness (QED) is 0.801. The summed E-state index contributed by atoms with van der Waals surface area (Å²) in [4.78, 5) is 14.9. The van der Waals surface area contributed by atoms with Gasteiger partial charge in [-0.15, -0.1) is 0 Å². The van der Waals surface area contributed by atoms with Crippen molar-refractivity contribution >= 4 is 5.91 Å². The van der Waals surface area contributed by atoms with E-state index in [1.165, 1.54) is 5.56 Å². The first-order chi connectivity index (χ1) is 13.8. The number of rotatable bonds is 7. The molecule has 2 aromatic rings. The molecular weight excluding hydrogens is 352 g/mol. The van der Waals surface area contributed by atoms with Crippen LogP contribution in [0.4, 0.5) is 0 Å². The van der Waals surface area contributed by atoms with Gasteiger partial charge in [0, 0.05) is 37.8 Å². The molecule has 2 aliphatic rings. The smallest absolute Gasteiger partial charge is 0.251 e. The third-order valence-corrected chi connectivity index (χ3v) is 5.43. The molecule has 2 aliphatic heterocycles. The van der Waals surface area contributed by atoms with E-state index in [0.717, 1.165) is 51.3 Å². The summed E-state index contributed by atoms with van der Waals surface area (Å²) in [6.07, 6.45) is 3.35. The average Bonchev–Trinajstić information content (AvgIpc) is 3.40. The van der Waals surface area contributed by atoms with Crippen LogP contribution < -0.4 is 10.1 Å². The van der Waals surface area contributed by atoms with Gasteiger partial charge in [-0.2, -0.15) is 0 Å². The second kappa shape index (κ2) is 9.22. The zero-order valence-electron chi connectivity index (χ0n) is 16.2. The second-order valence-corrected chi connectivity index (χ2v) is 7.65. The summed E-state index contributed by atoms with van der Waals surface area (Å²) in [6.45, 7) is 4.24. The maximum Gasteiger partial charge on any atom is 0.251 e. The van der Waals surface area contributed by atoms with Gasteiger partial charge in [0.1, 0.15) is 12.4 Å². The normalized spacial score (nSPS) is 22.3. The number of ether oxygens (including phenoxy) is 2. The number of hydrogen-bond donors (Lipinski definition) is 1. The third-order valence-electron chi connectivity index (χ3n) is 5.43. The maximum atomic E-state index is 12.6. The molecule has 5 heteroatoms. The van der Waals surface area contributed by atoms with Crippen molar-refractivity contribution in [3.63, 3.8) is 0 Å². The molecule has 2 aromatic carbocycles. The molecular formula is C23H28N2O3. The zero-order chi connectivity index (χ0) is 19.2. The highest BCUT2D eigenvalue weighted by Gasteiger charge is 2.24. The summed E-state index contributed by atoms with van der Waals surface area (Å²) in [5, 5.41) is 3.17. The van der Waals surface area contributed by atoms with Crippen LogP contribution in [0.15, 0.2) is 54.6 Å². The minimum atomic E-state index is -0.0164. The van der Waals surface area contributed by atoms with Gasteiger partial charge in [0.25, 0.3) is 5.91 Å². The molecule has 0 aliphatic carbocycles. The van der Waals surface area contributed by atoms with Crippen molar-refractivity contribution in [1.29, 1.82) is 0 Å². The summed E-state index contributed by atoms with van der Waals surface area (Å²) in [6, 6.07) is 18.1. The molecule has 0 bridgehead atoms. The van der Waals surface area contributed by atoms with Crippen molar-refractivity contribution in [2.24, 2.45) is 0 Å². The summed E-state index contributed by atoms with van der Waals surface area (Å²) >= 11 is 0. The topological polar surface area (TPSA) is 50.8 Å². The molecule has 0 saturated carbocycles. The van der Waals surface area contributed by atoms with Gasteiger partial charge in [-0.05, 0) is 49.1 Å². The summed E-state index contributed by atoms with van der Waals surface area (Å²) in [5.74, 6) is 0.763. The largest absolute Gasteiger partial charge is 0.491 e. The lowest BCUT2D eigenvalue weighted by molar-refractivity contribution is 0.0679.